The highest BCUT2D eigenvalue weighted by Gasteiger charge is 2.43. The SMILES string of the molecule is Cn1c(=O)c2c(ncn2CCCNCC(O)CONC2=C3OCC(O[N+](=O)[O-])C3OC2)n(C)c1=O. The van der Waals surface area contributed by atoms with Crippen molar-refractivity contribution in [2.75, 3.05) is 32.9 Å². The molecule has 4 rings (SSSR count). The van der Waals surface area contributed by atoms with Crippen LogP contribution in [0.15, 0.2) is 27.4 Å². The Morgan fingerprint density at radius 2 is 2.17 bits per heavy atom. The Labute approximate surface area is 197 Å². The number of rotatable bonds is 12. The highest BCUT2D eigenvalue weighted by molar-refractivity contribution is 5.69. The molecule has 3 N–H and O–H groups in total. The van der Waals surface area contributed by atoms with Crippen molar-refractivity contribution in [2.24, 2.45) is 14.1 Å². The first-order valence-electron chi connectivity index (χ1n) is 10.9. The van der Waals surface area contributed by atoms with Crippen molar-refractivity contribution >= 4 is 11.2 Å². The minimum absolute atomic E-state index is 0.000268. The van der Waals surface area contributed by atoms with Crippen LogP contribution < -0.4 is 22.0 Å². The average Bonchev–Trinajstić information content (AvgIpc) is 3.53. The second-order valence-electron chi connectivity index (χ2n) is 8.19. The predicted molar refractivity (Wildman–Crippen MR) is 117 cm³/mol. The summed E-state index contributed by atoms with van der Waals surface area (Å²) in [5, 5.41) is 22.8. The Morgan fingerprint density at radius 1 is 1.37 bits per heavy atom. The molecule has 192 valence electrons. The van der Waals surface area contributed by atoms with Gasteiger partial charge in [0.25, 0.3) is 10.6 Å². The van der Waals surface area contributed by atoms with E-state index in [0.29, 0.717) is 42.1 Å². The molecule has 35 heavy (non-hydrogen) atoms. The number of fused-ring (bicyclic) bond motifs is 2. The largest absolute Gasteiger partial charge is 0.491 e. The number of nitrogens with zero attached hydrogens (tertiary/aromatic N) is 5. The first-order chi connectivity index (χ1) is 16.8. The summed E-state index contributed by atoms with van der Waals surface area (Å²) < 4.78 is 14.9. The fourth-order valence-corrected chi connectivity index (χ4v) is 3.97. The van der Waals surface area contributed by atoms with Gasteiger partial charge in [-0.1, -0.05) is 0 Å². The highest BCUT2D eigenvalue weighted by Crippen LogP contribution is 2.31. The molecule has 0 aliphatic carbocycles. The van der Waals surface area contributed by atoms with Crippen LogP contribution in [-0.2, 0) is 39.8 Å². The van der Waals surface area contributed by atoms with Crippen molar-refractivity contribution in [3.63, 3.8) is 0 Å². The molecule has 2 aliphatic rings. The molecule has 16 heteroatoms. The Bertz CT molecular complexity index is 1230. The second kappa shape index (κ2) is 10.4. The summed E-state index contributed by atoms with van der Waals surface area (Å²) in [4.78, 5) is 49.0. The fourth-order valence-electron chi connectivity index (χ4n) is 3.97. The topological polar surface area (TPSA) is 186 Å². The molecule has 0 saturated carbocycles. The smallest absolute Gasteiger partial charge is 0.332 e. The number of hydrogen-bond donors (Lipinski definition) is 3. The molecule has 3 atom stereocenters. The fraction of sp³-hybridized carbons (Fsp3) is 0.632. The van der Waals surface area contributed by atoms with Crippen LogP contribution in [0, 0.1) is 10.1 Å². The van der Waals surface area contributed by atoms with Gasteiger partial charge in [0.15, 0.2) is 23.0 Å². The van der Waals surface area contributed by atoms with Crippen molar-refractivity contribution in [1.29, 1.82) is 0 Å². The van der Waals surface area contributed by atoms with E-state index in [0.717, 1.165) is 4.57 Å². The molecule has 0 spiro atoms. The molecule has 0 radical (unpaired) electrons. The quantitative estimate of drug-likeness (QED) is 0.159. The van der Waals surface area contributed by atoms with Crippen LogP contribution >= 0.6 is 0 Å². The second-order valence-corrected chi connectivity index (χ2v) is 8.19. The van der Waals surface area contributed by atoms with Gasteiger partial charge in [-0.25, -0.2) is 9.78 Å². The van der Waals surface area contributed by atoms with E-state index < -0.39 is 34.6 Å². The van der Waals surface area contributed by atoms with E-state index in [9.17, 15) is 24.8 Å². The number of aryl methyl sites for hydroxylation is 2. The maximum absolute atomic E-state index is 12.4. The molecule has 16 nitrogen and oxygen atoms in total. The van der Waals surface area contributed by atoms with Gasteiger partial charge in [-0.2, -0.15) is 0 Å². The zero-order valence-electron chi connectivity index (χ0n) is 19.2. The number of aliphatic hydroxyl groups is 1. The predicted octanol–water partition coefficient (Wildman–Crippen LogP) is -2.49. The Kier molecular flexibility index (Phi) is 7.34. The molecule has 2 aliphatic heterocycles. The van der Waals surface area contributed by atoms with E-state index in [2.05, 4.69) is 20.6 Å². The summed E-state index contributed by atoms with van der Waals surface area (Å²) in [7, 11) is 3.00. The monoisotopic (exact) mass is 497 g/mol. The molecule has 2 aromatic rings. The van der Waals surface area contributed by atoms with Crippen LogP contribution in [0.5, 0.6) is 0 Å². The summed E-state index contributed by atoms with van der Waals surface area (Å²) in [5.74, 6) is 0.395. The van der Waals surface area contributed by atoms with Crippen LogP contribution in [0.25, 0.3) is 11.2 Å². The van der Waals surface area contributed by atoms with Gasteiger partial charge in [-0.15, -0.1) is 10.1 Å². The van der Waals surface area contributed by atoms with Crippen LogP contribution in [0.2, 0.25) is 0 Å². The zero-order chi connectivity index (χ0) is 25.1. The number of ether oxygens (including phenoxy) is 2. The summed E-state index contributed by atoms with van der Waals surface area (Å²) in [5.41, 5.74) is 3.03. The van der Waals surface area contributed by atoms with E-state index in [1.807, 2.05) is 0 Å². The summed E-state index contributed by atoms with van der Waals surface area (Å²) in [6.45, 7) is 1.42. The van der Waals surface area contributed by atoms with Crippen molar-refractivity contribution in [3.8, 4) is 0 Å². The summed E-state index contributed by atoms with van der Waals surface area (Å²) in [6, 6.07) is 0. The molecular weight excluding hydrogens is 470 g/mol. The average molecular weight is 497 g/mol. The minimum Gasteiger partial charge on any atom is -0.491 e. The number of aromatic nitrogens is 4. The molecule has 1 fully saturated rings. The van der Waals surface area contributed by atoms with Gasteiger partial charge in [0.1, 0.15) is 25.0 Å². The molecule has 0 aromatic carbocycles. The van der Waals surface area contributed by atoms with Gasteiger partial charge in [-0.05, 0) is 13.0 Å². The number of imidazole rings is 1. The molecule has 4 heterocycles. The van der Waals surface area contributed by atoms with Crippen LogP contribution in [0.4, 0.5) is 0 Å². The maximum Gasteiger partial charge on any atom is 0.332 e. The lowest BCUT2D eigenvalue weighted by Gasteiger charge is -2.14. The Hall–Kier alpha value is -3.47. The molecule has 3 unspecified atom stereocenters. The third-order valence-electron chi connectivity index (χ3n) is 5.75. The minimum atomic E-state index is -0.881. The van der Waals surface area contributed by atoms with E-state index in [-0.39, 0.29) is 26.4 Å². The van der Waals surface area contributed by atoms with Gasteiger partial charge in [0, 0.05) is 27.2 Å². The van der Waals surface area contributed by atoms with Crippen LogP contribution in [0.3, 0.4) is 0 Å². The third kappa shape index (κ3) is 5.14. The van der Waals surface area contributed by atoms with Gasteiger partial charge in [-0.3, -0.25) is 24.2 Å². The van der Waals surface area contributed by atoms with Crippen molar-refractivity contribution < 1.29 is 29.3 Å². The highest BCUT2D eigenvalue weighted by atomic mass is 17.0. The summed E-state index contributed by atoms with van der Waals surface area (Å²) in [6.07, 6.45) is -0.118. The molecule has 0 amide bonds. The van der Waals surface area contributed by atoms with Crippen LogP contribution in [0.1, 0.15) is 6.42 Å². The first kappa shape index (κ1) is 24.6. The summed E-state index contributed by atoms with van der Waals surface area (Å²) >= 11 is 0. The van der Waals surface area contributed by atoms with Crippen molar-refractivity contribution in [3.05, 3.63) is 48.7 Å². The maximum atomic E-state index is 12.4. The molecule has 1 saturated heterocycles. The number of hydrogen-bond acceptors (Lipinski definition) is 12. The normalized spacial score (nSPS) is 20.2. The van der Waals surface area contributed by atoms with Gasteiger partial charge < -0.3 is 29.3 Å². The van der Waals surface area contributed by atoms with Crippen LogP contribution in [-0.4, -0.2) is 80.1 Å². The van der Waals surface area contributed by atoms with E-state index in [1.165, 1.54) is 17.9 Å². The number of nitrogens with one attached hydrogen (secondary N) is 2. The number of aliphatic hydroxyl groups excluding tert-OH is 1. The van der Waals surface area contributed by atoms with Gasteiger partial charge >= 0.3 is 5.69 Å². The van der Waals surface area contributed by atoms with E-state index >= 15 is 0 Å². The lowest BCUT2D eigenvalue weighted by atomic mass is 10.2. The third-order valence-corrected chi connectivity index (χ3v) is 5.75. The molecular formula is C19H27N7O9. The van der Waals surface area contributed by atoms with Gasteiger partial charge in [0.05, 0.1) is 19.0 Å². The zero-order valence-corrected chi connectivity index (χ0v) is 19.2. The standard InChI is InChI=1S/C19H27N7O9/c1-23-17-14(18(28)24(2)19(23)29)25(10-21-17)5-3-4-20-6-11(27)7-34-22-12-8-32-16-13(35-26(30)31)9-33-15(12)16/h10-11,13,16,20,22,27H,3-9H2,1-2H3. The number of hydroxylamine groups is 1. The van der Waals surface area contributed by atoms with Gasteiger partial charge in [0.2, 0.25) is 0 Å². The Morgan fingerprint density at radius 3 is 2.94 bits per heavy atom. The van der Waals surface area contributed by atoms with Crippen molar-refractivity contribution in [2.45, 2.75) is 31.3 Å². The van der Waals surface area contributed by atoms with Crippen molar-refractivity contribution in [1.82, 2.24) is 29.5 Å². The first-order valence-corrected chi connectivity index (χ1v) is 10.9. The lowest BCUT2D eigenvalue weighted by Crippen LogP contribution is -2.37. The van der Waals surface area contributed by atoms with E-state index in [4.69, 9.17) is 14.3 Å². The molecule has 2 aromatic heterocycles. The Balaban J connectivity index is 1.17. The van der Waals surface area contributed by atoms with E-state index in [1.54, 1.807) is 11.6 Å². The molecule has 0 bridgehead atoms. The lowest BCUT2D eigenvalue weighted by molar-refractivity contribution is -0.769.